The molecule has 0 aromatic carbocycles. The molecule has 1 unspecified atom stereocenters. The normalized spacial score (nSPS) is 13.4. The Morgan fingerprint density at radius 1 is 1.76 bits per heavy atom. The molecule has 0 radical (unpaired) electrons. The van der Waals surface area contributed by atoms with Gasteiger partial charge in [-0.2, -0.15) is 15.4 Å². The highest BCUT2D eigenvalue weighted by atomic mass is 16.4. The standard InChI is InChI=1S/C9H16N6O2/c1-3-15(5-6(2)8(10)13-17)9(16)7-4-11-14-12-7/h4,6,17H,3,5H2,1-2H3,(H2,10,13)(H,11,12,14). The largest absolute Gasteiger partial charge is 0.409 e. The topological polar surface area (TPSA) is 120 Å². The average Bonchev–Trinajstić information content (AvgIpc) is 2.87. The Labute approximate surface area is 98.5 Å². The number of carbonyl (C=O) groups excluding carboxylic acids is 1. The van der Waals surface area contributed by atoms with E-state index in [1.54, 1.807) is 11.8 Å². The van der Waals surface area contributed by atoms with Gasteiger partial charge in [-0.25, -0.2) is 0 Å². The van der Waals surface area contributed by atoms with Crippen molar-refractivity contribution in [3.8, 4) is 0 Å². The van der Waals surface area contributed by atoms with Crippen LogP contribution in [0.25, 0.3) is 0 Å². The van der Waals surface area contributed by atoms with Crippen LogP contribution in [0.3, 0.4) is 0 Å². The lowest BCUT2D eigenvalue weighted by molar-refractivity contribution is 0.0748. The quantitative estimate of drug-likeness (QED) is 0.281. The molecule has 0 spiro atoms. The number of oxime groups is 1. The zero-order valence-electron chi connectivity index (χ0n) is 9.79. The molecule has 1 aromatic heterocycles. The highest BCUT2D eigenvalue weighted by molar-refractivity contribution is 5.92. The van der Waals surface area contributed by atoms with E-state index in [-0.39, 0.29) is 23.4 Å². The smallest absolute Gasteiger partial charge is 0.276 e. The lowest BCUT2D eigenvalue weighted by atomic mass is 10.1. The molecule has 0 aliphatic carbocycles. The van der Waals surface area contributed by atoms with E-state index >= 15 is 0 Å². The number of nitrogens with two attached hydrogens (primary N) is 1. The van der Waals surface area contributed by atoms with Gasteiger partial charge in [0.05, 0.1) is 6.20 Å². The summed E-state index contributed by atoms with van der Waals surface area (Å²) >= 11 is 0. The molecule has 94 valence electrons. The van der Waals surface area contributed by atoms with Gasteiger partial charge in [-0.3, -0.25) is 4.79 Å². The summed E-state index contributed by atoms with van der Waals surface area (Å²) in [6.07, 6.45) is 1.36. The van der Waals surface area contributed by atoms with E-state index in [0.717, 1.165) is 0 Å². The van der Waals surface area contributed by atoms with Gasteiger partial charge >= 0.3 is 0 Å². The number of amides is 1. The van der Waals surface area contributed by atoms with Gasteiger partial charge in [0, 0.05) is 19.0 Å². The Morgan fingerprint density at radius 3 is 2.94 bits per heavy atom. The zero-order chi connectivity index (χ0) is 12.8. The van der Waals surface area contributed by atoms with Gasteiger partial charge in [0.2, 0.25) is 0 Å². The van der Waals surface area contributed by atoms with Crippen LogP contribution in [-0.2, 0) is 0 Å². The zero-order valence-corrected chi connectivity index (χ0v) is 9.79. The van der Waals surface area contributed by atoms with Crippen LogP contribution in [0.15, 0.2) is 11.4 Å². The summed E-state index contributed by atoms with van der Waals surface area (Å²) < 4.78 is 0. The van der Waals surface area contributed by atoms with Gasteiger partial charge in [-0.05, 0) is 6.92 Å². The summed E-state index contributed by atoms with van der Waals surface area (Å²) in [4.78, 5) is 13.5. The highest BCUT2D eigenvalue weighted by Gasteiger charge is 2.20. The Bertz CT molecular complexity index is 388. The van der Waals surface area contributed by atoms with Gasteiger partial charge in [-0.15, -0.1) is 0 Å². The average molecular weight is 240 g/mol. The minimum Gasteiger partial charge on any atom is -0.409 e. The number of aromatic amines is 1. The molecule has 0 fully saturated rings. The van der Waals surface area contributed by atoms with Crippen molar-refractivity contribution in [1.82, 2.24) is 20.3 Å². The lowest BCUT2D eigenvalue weighted by Gasteiger charge is -2.22. The Hall–Kier alpha value is -2.12. The van der Waals surface area contributed by atoms with Crippen molar-refractivity contribution in [2.24, 2.45) is 16.8 Å². The molecule has 17 heavy (non-hydrogen) atoms. The SMILES string of the molecule is CCN(CC(C)C(N)=NO)C(=O)c1cn[nH]n1. The van der Waals surface area contributed by atoms with Crippen LogP contribution >= 0.6 is 0 Å². The van der Waals surface area contributed by atoms with Crippen LogP contribution in [0.5, 0.6) is 0 Å². The third kappa shape index (κ3) is 3.16. The fraction of sp³-hybridized carbons (Fsp3) is 0.556. The van der Waals surface area contributed by atoms with E-state index in [1.165, 1.54) is 6.20 Å². The van der Waals surface area contributed by atoms with Crippen LogP contribution in [0, 0.1) is 5.92 Å². The third-order valence-electron chi connectivity index (χ3n) is 2.42. The van der Waals surface area contributed by atoms with Gasteiger partial charge in [-0.1, -0.05) is 12.1 Å². The van der Waals surface area contributed by atoms with Gasteiger partial charge in [0.15, 0.2) is 5.69 Å². The fourth-order valence-electron chi connectivity index (χ4n) is 1.34. The molecule has 1 amide bonds. The van der Waals surface area contributed by atoms with E-state index in [4.69, 9.17) is 10.9 Å². The minimum atomic E-state index is -0.237. The Balaban J connectivity index is 2.69. The van der Waals surface area contributed by atoms with E-state index in [9.17, 15) is 4.79 Å². The molecule has 0 saturated carbocycles. The second kappa shape index (κ2) is 5.83. The highest BCUT2D eigenvalue weighted by Crippen LogP contribution is 2.05. The number of H-pyrrole nitrogens is 1. The van der Waals surface area contributed by atoms with Gasteiger partial charge in [0.25, 0.3) is 5.91 Å². The molecule has 1 aromatic rings. The first kappa shape index (κ1) is 12.9. The molecule has 0 aliphatic heterocycles. The van der Waals surface area contributed by atoms with Crippen LogP contribution in [0.4, 0.5) is 0 Å². The summed E-state index contributed by atoms with van der Waals surface area (Å²) in [7, 11) is 0. The van der Waals surface area contributed by atoms with E-state index in [1.807, 2.05) is 6.92 Å². The lowest BCUT2D eigenvalue weighted by Crippen LogP contribution is -2.38. The van der Waals surface area contributed by atoms with Crippen molar-refractivity contribution in [3.05, 3.63) is 11.9 Å². The van der Waals surface area contributed by atoms with Crippen LogP contribution in [-0.4, -0.2) is 50.4 Å². The summed E-state index contributed by atoms with van der Waals surface area (Å²) in [6.45, 7) is 4.48. The number of nitrogens with zero attached hydrogens (tertiary/aromatic N) is 4. The monoisotopic (exact) mass is 240 g/mol. The molecule has 8 nitrogen and oxygen atoms in total. The number of carbonyl (C=O) groups is 1. The third-order valence-corrected chi connectivity index (χ3v) is 2.42. The first-order valence-electron chi connectivity index (χ1n) is 5.22. The summed E-state index contributed by atoms with van der Waals surface area (Å²) in [5.74, 6) is -0.369. The summed E-state index contributed by atoms with van der Waals surface area (Å²) in [6, 6.07) is 0. The number of rotatable bonds is 5. The number of hydrogen-bond donors (Lipinski definition) is 3. The second-order valence-electron chi connectivity index (χ2n) is 3.62. The van der Waals surface area contributed by atoms with Crippen molar-refractivity contribution >= 4 is 11.7 Å². The van der Waals surface area contributed by atoms with Crippen molar-refractivity contribution in [2.45, 2.75) is 13.8 Å². The predicted molar refractivity (Wildman–Crippen MR) is 60.5 cm³/mol. The van der Waals surface area contributed by atoms with Crippen molar-refractivity contribution in [3.63, 3.8) is 0 Å². The molecule has 4 N–H and O–H groups in total. The number of aromatic nitrogens is 3. The van der Waals surface area contributed by atoms with Crippen LogP contribution in [0.1, 0.15) is 24.3 Å². The predicted octanol–water partition coefficient (Wildman–Crippen LogP) is -0.351. The van der Waals surface area contributed by atoms with Crippen molar-refractivity contribution in [2.75, 3.05) is 13.1 Å². The molecular formula is C9H16N6O2. The Kier molecular flexibility index (Phi) is 4.44. The maximum Gasteiger partial charge on any atom is 0.276 e. The molecule has 0 bridgehead atoms. The van der Waals surface area contributed by atoms with Gasteiger partial charge < -0.3 is 15.8 Å². The minimum absolute atomic E-state index is 0.0939. The Morgan fingerprint density at radius 2 is 2.47 bits per heavy atom. The number of nitrogens with one attached hydrogen (secondary N) is 1. The van der Waals surface area contributed by atoms with Crippen LogP contribution < -0.4 is 5.73 Å². The van der Waals surface area contributed by atoms with Crippen LogP contribution in [0.2, 0.25) is 0 Å². The molecule has 8 heteroatoms. The molecule has 0 aliphatic rings. The summed E-state index contributed by atoms with van der Waals surface area (Å²) in [5.41, 5.74) is 5.71. The van der Waals surface area contributed by atoms with Crippen molar-refractivity contribution in [1.29, 1.82) is 0 Å². The summed E-state index contributed by atoms with van der Waals surface area (Å²) in [5, 5.41) is 21.1. The van der Waals surface area contributed by atoms with Gasteiger partial charge in [0.1, 0.15) is 5.84 Å². The van der Waals surface area contributed by atoms with E-state index in [0.29, 0.717) is 13.1 Å². The fourth-order valence-corrected chi connectivity index (χ4v) is 1.34. The second-order valence-corrected chi connectivity index (χ2v) is 3.62. The number of hydrogen-bond acceptors (Lipinski definition) is 5. The van der Waals surface area contributed by atoms with E-state index < -0.39 is 0 Å². The first-order chi connectivity index (χ1) is 8.10. The molecule has 0 saturated heterocycles. The number of amidine groups is 1. The van der Waals surface area contributed by atoms with Crippen molar-refractivity contribution < 1.29 is 10.0 Å². The maximum absolute atomic E-state index is 11.9. The molecular weight excluding hydrogens is 224 g/mol. The molecule has 1 atom stereocenters. The maximum atomic E-state index is 11.9. The molecule has 1 heterocycles. The first-order valence-corrected chi connectivity index (χ1v) is 5.22. The molecule has 1 rings (SSSR count). The van der Waals surface area contributed by atoms with E-state index in [2.05, 4.69) is 20.6 Å².